The molecule has 8 heavy (non-hydrogen) atoms. The molecule has 2 N–H and O–H groups in total. The van der Waals surface area contributed by atoms with Gasteiger partial charge in [-0.1, -0.05) is 0 Å². The van der Waals surface area contributed by atoms with Crippen LogP contribution in [0, 0.1) is 11.3 Å². The number of amides is 1. The number of hydrogen-bond donors (Lipinski definition) is 1. The SMILES string of the molecule is CC(C#N)OC(N)=O. The number of primary amides is 1. The third-order valence-electron chi connectivity index (χ3n) is 0.475. The minimum Gasteiger partial charge on any atom is -0.431 e. The van der Waals surface area contributed by atoms with E-state index in [2.05, 4.69) is 10.5 Å². The maximum absolute atomic E-state index is 9.82. The first kappa shape index (κ1) is 6.76. The van der Waals surface area contributed by atoms with E-state index in [1.54, 1.807) is 6.07 Å². The van der Waals surface area contributed by atoms with Crippen LogP contribution < -0.4 is 5.73 Å². The Morgan fingerprint density at radius 3 is 2.62 bits per heavy atom. The molecule has 1 atom stereocenters. The number of nitrogens with zero attached hydrogens (tertiary/aromatic N) is 1. The monoisotopic (exact) mass is 114 g/mol. The number of nitriles is 1. The van der Waals surface area contributed by atoms with Gasteiger partial charge in [-0.2, -0.15) is 5.26 Å². The van der Waals surface area contributed by atoms with Crippen molar-refractivity contribution in [3.63, 3.8) is 0 Å². The van der Waals surface area contributed by atoms with Crippen LogP contribution >= 0.6 is 0 Å². The summed E-state index contributed by atoms with van der Waals surface area (Å²) in [5.41, 5.74) is 4.56. The van der Waals surface area contributed by atoms with E-state index in [1.807, 2.05) is 0 Å². The van der Waals surface area contributed by atoms with Crippen LogP contribution in [0.2, 0.25) is 0 Å². The molecule has 0 fully saturated rings. The lowest BCUT2D eigenvalue weighted by molar-refractivity contribution is 0.140. The molecule has 0 heterocycles. The van der Waals surface area contributed by atoms with Gasteiger partial charge in [-0.25, -0.2) is 4.79 Å². The highest BCUT2D eigenvalue weighted by molar-refractivity contribution is 5.65. The molecule has 0 aliphatic heterocycles. The van der Waals surface area contributed by atoms with Gasteiger partial charge in [-0.15, -0.1) is 0 Å². The second-order valence-electron chi connectivity index (χ2n) is 1.21. The molecule has 0 aliphatic rings. The van der Waals surface area contributed by atoms with E-state index >= 15 is 0 Å². The summed E-state index contributed by atoms with van der Waals surface area (Å²) in [5, 5.41) is 8.00. The summed E-state index contributed by atoms with van der Waals surface area (Å²) in [6.45, 7) is 1.44. The van der Waals surface area contributed by atoms with Crippen molar-refractivity contribution < 1.29 is 9.53 Å². The highest BCUT2D eigenvalue weighted by Crippen LogP contribution is 1.84. The Kier molecular flexibility index (Phi) is 2.41. The largest absolute Gasteiger partial charge is 0.431 e. The lowest BCUT2D eigenvalue weighted by atomic mass is 10.5. The Morgan fingerprint density at radius 1 is 2.00 bits per heavy atom. The summed E-state index contributed by atoms with van der Waals surface area (Å²) in [5.74, 6) is 0. The van der Waals surface area contributed by atoms with Crippen LogP contribution in [0.25, 0.3) is 0 Å². The van der Waals surface area contributed by atoms with Crippen LogP contribution in [-0.2, 0) is 4.74 Å². The van der Waals surface area contributed by atoms with Crippen LogP contribution in [0.1, 0.15) is 6.92 Å². The first-order valence-corrected chi connectivity index (χ1v) is 2.02. The molecule has 0 spiro atoms. The van der Waals surface area contributed by atoms with Gasteiger partial charge in [0.1, 0.15) is 6.07 Å². The van der Waals surface area contributed by atoms with Gasteiger partial charge >= 0.3 is 6.09 Å². The number of carbonyl (C=O) groups excluding carboxylic acids is 1. The van der Waals surface area contributed by atoms with E-state index in [0.29, 0.717) is 0 Å². The predicted octanol–water partition coefficient (Wildman–Crippen LogP) is -0.00622. The Balaban J connectivity index is 3.43. The minimum absolute atomic E-state index is 0.743. The lowest BCUT2D eigenvalue weighted by Crippen LogP contribution is -2.18. The van der Waals surface area contributed by atoms with E-state index in [-0.39, 0.29) is 0 Å². The normalized spacial score (nSPS) is 11.5. The van der Waals surface area contributed by atoms with Crippen LogP contribution in [0.5, 0.6) is 0 Å². The van der Waals surface area contributed by atoms with E-state index in [4.69, 9.17) is 5.26 Å². The van der Waals surface area contributed by atoms with Gasteiger partial charge < -0.3 is 10.5 Å². The molecule has 44 valence electrons. The Bertz CT molecular complexity index is 126. The van der Waals surface area contributed by atoms with Gasteiger partial charge in [0.25, 0.3) is 0 Å². The summed E-state index contributed by atoms with van der Waals surface area (Å²) < 4.78 is 4.18. The van der Waals surface area contributed by atoms with Crippen LogP contribution in [0.4, 0.5) is 4.79 Å². The van der Waals surface area contributed by atoms with E-state index in [1.165, 1.54) is 6.92 Å². The first-order chi connectivity index (χ1) is 3.66. The maximum Gasteiger partial charge on any atom is 0.405 e. The highest BCUT2D eigenvalue weighted by Gasteiger charge is 2.00. The van der Waals surface area contributed by atoms with Gasteiger partial charge in [0.2, 0.25) is 0 Å². The molecule has 0 aromatic heterocycles. The summed E-state index contributed by atoms with van der Waals surface area (Å²) in [7, 11) is 0. The fourth-order valence-corrected chi connectivity index (χ4v) is 0.201. The molecule has 0 aliphatic carbocycles. The lowest BCUT2D eigenvalue weighted by Gasteiger charge is -1.98. The van der Waals surface area contributed by atoms with Crippen molar-refractivity contribution in [1.29, 1.82) is 5.26 Å². The summed E-state index contributed by atoms with van der Waals surface area (Å²) in [4.78, 5) is 9.82. The second kappa shape index (κ2) is 2.86. The van der Waals surface area contributed by atoms with Crippen LogP contribution in [-0.4, -0.2) is 12.2 Å². The van der Waals surface area contributed by atoms with E-state index < -0.39 is 12.2 Å². The molecule has 1 amide bonds. The van der Waals surface area contributed by atoms with E-state index in [0.717, 1.165) is 0 Å². The second-order valence-corrected chi connectivity index (χ2v) is 1.21. The molecule has 1 unspecified atom stereocenters. The molecule has 4 nitrogen and oxygen atoms in total. The molecule has 0 rings (SSSR count). The van der Waals surface area contributed by atoms with Gasteiger partial charge in [-0.3, -0.25) is 0 Å². The predicted molar refractivity (Wildman–Crippen MR) is 25.7 cm³/mol. The number of nitrogens with two attached hydrogens (primary N) is 1. The Hall–Kier alpha value is -1.24. The zero-order valence-electron chi connectivity index (χ0n) is 4.42. The Morgan fingerprint density at radius 2 is 2.50 bits per heavy atom. The topological polar surface area (TPSA) is 76.1 Å². The number of carbonyl (C=O) groups is 1. The molecule has 0 saturated heterocycles. The third-order valence-corrected chi connectivity index (χ3v) is 0.475. The van der Waals surface area contributed by atoms with Crippen molar-refractivity contribution in [1.82, 2.24) is 0 Å². The average molecular weight is 114 g/mol. The molecule has 0 aromatic carbocycles. The van der Waals surface area contributed by atoms with Crippen LogP contribution in [0.15, 0.2) is 0 Å². The minimum atomic E-state index is -0.918. The van der Waals surface area contributed by atoms with Gasteiger partial charge in [-0.05, 0) is 6.92 Å². The van der Waals surface area contributed by atoms with Crippen molar-refractivity contribution in [2.45, 2.75) is 13.0 Å². The molecule has 0 bridgehead atoms. The number of hydrogen-bond acceptors (Lipinski definition) is 3. The van der Waals surface area contributed by atoms with Crippen molar-refractivity contribution in [3.8, 4) is 6.07 Å². The molecule has 0 radical (unpaired) electrons. The van der Waals surface area contributed by atoms with Crippen molar-refractivity contribution >= 4 is 6.09 Å². The zero-order valence-corrected chi connectivity index (χ0v) is 4.42. The Labute approximate surface area is 46.8 Å². The molecular formula is C4H6N2O2. The molecule has 0 saturated carbocycles. The van der Waals surface area contributed by atoms with E-state index in [9.17, 15) is 4.79 Å². The maximum atomic E-state index is 9.82. The fraction of sp³-hybridized carbons (Fsp3) is 0.500. The average Bonchev–Trinajstić information content (AvgIpc) is 1.65. The molecular weight excluding hydrogens is 108 g/mol. The number of ether oxygens (including phenoxy) is 1. The molecule has 4 heteroatoms. The molecule has 0 aromatic rings. The third kappa shape index (κ3) is 2.97. The van der Waals surface area contributed by atoms with Gasteiger partial charge in [0.15, 0.2) is 6.10 Å². The van der Waals surface area contributed by atoms with Crippen molar-refractivity contribution in [2.24, 2.45) is 5.73 Å². The summed E-state index contributed by atoms with van der Waals surface area (Å²) in [6, 6.07) is 1.67. The van der Waals surface area contributed by atoms with Crippen molar-refractivity contribution in [2.75, 3.05) is 0 Å². The quantitative estimate of drug-likeness (QED) is 0.521. The summed E-state index contributed by atoms with van der Waals surface area (Å²) >= 11 is 0. The number of rotatable bonds is 1. The summed E-state index contributed by atoms with van der Waals surface area (Å²) in [6.07, 6.45) is -1.66. The standard InChI is InChI=1S/C4H6N2O2/c1-3(2-5)8-4(6)7/h3H,1H3,(H2,6,7). The highest BCUT2D eigenvalue weighted by atomic mass is 16.6. The van der Waals surface area contributed by atoms with Crippen molar-refractivity contribution in [3.05, 3.63) is 0 Å². The first-order valence-electron chi connectivity index (χ1n) is 2.02. The zero-order chi connectivity index (χ0) is 6.57. The van der Waals surface area contributed by atoms with Crippen LogP contribution in [0.3, 0.4) is 0 Å². The van der Waals surface area contributed by atoms with Gasteiger partial charge in [0.05, 0.1) is 0 Å². The van der Waals surface area contributed by atoms with Gasteiger partial charge in [0, 0.05) is 0 Å². The smallest absolute Gasteiger partial charge is 0.405 e. The fourth-order valence-electron chi connectivity index (χ4n) is 0.201.